The zero-order valence-corrected chi connectivity index (χ0v) is 21.9. The van der Waals surface area contributed by atoms with Gasteiger partial charge in [-0.1, -0.05) is 91.0 Å². The van der Waals surface area contributed by atoms with Gasteiger partial charge in [0, 0.05) is 39.9 Å². The second-order valence-electron chi connectivity index (χ2n) is 10.2. The first-order valence-electron chi connectivity index (χ1n) is 13.7. The molecule has 8 rings (SSSR count). The van der Waals surface area contributed by atoms with Gasteiger partial charge < -0.3 is 14.2 Å². The van der Waals surface area contributed by atoms with Crippen molar-refractivity contribution < 1.29 is 4.42 Å². The molecule has 0 unspecified atom stereocenters. The number of fused-ring (bicyclic) bond motifs is 5. The van der Waals surface area contributed by atoms with E-state index in [1.165, 1.54) is 22.5 Å². The highest BCUT2D eigenvalue weighted by atomic mass is 16.3. The van der Waals surface area contributed by atoms with E-state index in [2.05, 4.69) is 143 Å². The molecule has 0 amide bonds. The maximum atomic E-state index is 6.51. The molecule has 0 saturated carbocycles. The molecule has 190 valence electrons. The molecule has 0 atom stereocenters. The van der Waals surface area contributed by atoms with Crippen molar-refractivity contribution >= 4 is 56.1 Å². The van der Waals surface area contributed by atoms with Crippen LogP contribution in [0.1, 0.15) is 11.1 Å². The molecule has 0 saturated heterocycles. The number of para-hydroxylation sites is 5. The zero-order valence-electron chi connectivity index (χ0n) is 21.9. The summed E-state index contributed by atoms with van der Waals surface area (Å²) in [5.74, 6) is 0. The number of anilines is 6. The van der Waals surface area contributed by atoms with Gasteiger partial charge in [0.1, 0.15) is 5.58 Å². The summed E-state index contributed by atoms with van der Waals surface area (Å²) in [7, 11) is 0. The molecule has 1 aliphatic heterocycles. The summed E-state index contributed by atoms with van der Waals surface area (Å²) < 4.78 is 6.51. The Morgan fingerprint density at radius 2 is 1.23 bits per heavy atom. The first-order chi connectivity index (χ1) is 19.8. The minimum absolute atomic E-state index is 0.885. The molecule has 0 aliphatic carbocycles. The molecule has 7 aromatic rings. The monoisotopic (exact) mass is 514 g/mol. The summed E-state index contributed by atoms with van der Waals surface area (Å²) >= 11 is 0. The van der Waals surface area contributed by atoms with E-state index in [1.54, 1.807) is 0 Å². The van der Waals surface area contributed by atoms with Crippen LogP contribution in [0.4, 0.5) is 34.1 Å². The van der Waals surface area contributed by atoms with Crippen molar-refractivity contribution in [2.24, 2.45) is 0 Å². The van der Waals surface area contributed by atoms with Gasteiger partial charge in [0.2, 0.25) is 0 Å². The third kappa shape index (κ3) is 3.59. The zero-order chi connectivity index (χ0) is 26.5. The van der Waals surface area contributed by atoms with Crippen molar-refractivity contribution in [2.45, 2.75) is 6.42 Å². The fourth-order valence-electron chi connectivity index (χ4n) is 6.03. The molecule has 40 heavy (non-hydrogen) atoms. The minimum atomic E-state index is 0.885. The van der Waals surface area contributed by atoms with Crippen molar-refractivity contribution in [3.63, 3.8) is 0 Å². The fourth-order valence-corrected chi connectivity index (χ4v) is 6.03. The van der Waals surface area contributed by atoms with Gasteiger partial charge in [0.15, 0.2) is 5.58 Å². The predicted molar refractivity (Wildman–Crippen MR) is 166 cm³/mol. The van der Waals surface area contributed by atoms with Crippen molar-refractivity contribution in [1.29, 1.82) is 0 Å². The molecular weight excluding hydrogens is 488 g/mol. The van der Waals surface area contributed by atoms with E-state index < -0.39 is 0 Å². The molecule has 1 aliphatic rings. The third-order valence-electron chi connectivity index (χ3n) is 7.83. The lowest BCUT2D eigenvalue weighted by atomic mass is 9.94. The molecule has 1 aromatic heterocycles. The lowest BCUT2D eigenvalue weighted by Gasteiger charge is -2.35. The van der Waals surface area contributed by atoms with Crippen LogP contribution in [-0.4, -0.2) is 0 Å². The lowest BCUT2D eigenvalue weighted by molar-refractivity contribution is 0.669. The number of hydrogen-bond acceptors (Lipinski definition) is 3. The lowest BCUT2D eigenvalue weighted by Crippen LogP contribution is -2.19. The molecular formula is C37H26N2O. The quantitative estimate of drug-likeness (QED) is 0.233. The average Bonchev–Trinajstić information content (AvgIpc) is 3.41. The molecule has 0 bridgehead atoms. The Balaban J connectivity index is 1.36. The maximum Gasteiger partial charge on any atom is 0.159 e. The molecule has 0 spiro atoms. The van der Waals surface area contributed by atoms with Gasteiger partial charge in [-0.25, -0.2) is 0 Å². The van der Waals surface area contributed by atoms with Crippen LogP contribution >= 0.6 is 0 Å². The van der Waals surface area contributed by atoms with Crippen molar-refractivity contribution in [3.05, 3.63) is 157 Å². The van der Waals surface area contributed by atoms with E-state index in [-0.39, 0.29) is 0 Å². The Morgan fingerprint density at radius 1 is 0.525 bits per heavy atom. The second-order valence-corrected chi connectivity index (χ2v) is 10.2. The van der Waals surface area contributed by atoms with Gasteiger partial charge in [0.25, 0.3) is 0 Å². The SMILES string of the molecule is c1ccc(N2c3ccccc3Cc3ccc(N(c4ccccc4)c4cccc5c4oc4ccccc45)cc32)cc1. The van der Waals surface area contributed by atoms with Crippen molar-refractivity contribution in [2.75, 3.05) is 9.80 Å². The normalized spacial score (nSPS) is 12.3. The van der Waals surface area contributed by atoms with Crippen molar-refractivity contribution in [3.8, 4) is 0 Å². The van der Waals surface area contributed by atoms with Crippen LogP contribution in [0.15, 0.2) is 150 Å². The van der Waals surface area contributed by atoms with Crippen LogP contribution in [-0.2, 0) is 6.42 Å². The second kappa shape index (κ2) is 9.18. The number of benzene rings is 6. The highest BCUT2D eigenvalue weighted by Gasteiger charge is 2.26. The summed E-state index contributed by atoms with van der Waals surface area (Å²) in [6, 6.07) is 51.5. The Bertz CT molecular complexity index is 1990. The summed E-state index contributed by atoms with van der Waals surface area (Å²) in [6.45, 7) is 0. The van der Waals surface area contributed by atoms with Gasteiger partial charge in [-0.3, -0.25) is 0 Å². The molecule has 3 heteroatoms. The Hall–Kier alpha value is -5.28. The molecule has 0 N–H and O–H groups in total. The van der Waals surface area contributed by atoms with Crippen LogP contribution < -0.4 is 9.80 Å². The topological polar surface area (TPSA) is 19.6 Å². The molecule has 0 fully saturated rings. The summed E-state index contributed by atoms with van der Waals surface area (Å²) in [4.78, 5) is 4.71. The van der Waals surface area contributed by atoms with E-state index >= 15 is 0 Å². The van der Waals surface area contributed by atoms with Gasteiger partial charge in [-0.05, 0) is 65.7 Å². The largest absolute Gasteiger partial charge is 0.454 e. The molecule has 2 heterocycles. The Morgan fingerprint density at radius 3 is 2.10 bits per heavy atom. The Kier molecular flexibility index (Phi) is 5.20. The van der Waals surface area contributed by atoms with Gasteiger partial charge in [0.05, 0.1) is 11.4 Å². The standard InChI is InChI=1S/C37H26N2O/c1-3-13-28(14-4-1)38(34-20-11-18-32-31-17-8-10-21-36(31)40-37(32)34)30-23-22-27-24-26-12-7-9-19-33(26)39(35(27)25-30)29-15-5-2-6-16-29/h1-23,25H,24H2. The van der Waals surface area contributed by atoms with E-state index in [0.717, 1.165) is 51.1 Å². The van der Waals surface area contributed by atoms with E-state index in [1.807, 2.05) is 12.1 Å². The van der Waals surface area contributed by atoms with Gasteiger partial charge in [-0.2, -0.15) is 0 Å². The number of hydrogen-bond donors (Lipinski definition) is 0. The summed E-state index contributed by atoms with van der Waals surface area (Å²) in [5.41, 5.74) is 11.2. The predicted octanol–water partition coefficient (Wildman–Crippen LogP) is 10.4. The van der Waals surface area contributed by atoms with Crippen LogP contribution in [0.3, 0.4) is 0 Å². The summed E-state index contributed by atoms with van der Waals surface area (Å²) in [6.07, 6.45) is 0.902. The first kappa shape index (κ1) is 22.7. The molecule has 0 radical (unpaired) electrons. The minimum Gasteiger partial charge on any atom is -0.454 e. The van der Waals surface area contributed by atoms with Gasteiger partial charge >= 0.3 is 0 Å². The van der Waals surface area contributed by atoms with E-state index in [0.29, 0.717) is 0 Å². The van der Waals surface area contributed by atoms with E-state index in [4.69, 9.17) is 4.42 Å². The highest BCUT2D eigenvalue weighted by molar-refractivity contribution is 6.10. The Labute approximate surface area is 233 Å². The fraction of sp³-hybridized carbons (Fsp3) is 0.0270. The number of rotatable bonds is 4. The third-order valence-corrected chi connectivity index (χ3v) is 7.83. The smallest absolute Gasteiger partial charge is 0.159 e. The molecule has 3 nitrogen and oxygen atoms in total. The van der Waals surface area contributed by atoms with Crippen LogP contribution in [0.25, 0.3) is 21.9 Å². The highest BCUT2D eigenvalue weighted by Crippen LogP contribution is 2.48. The van der Waals surface area contributed by atoms with Crippen molar-refractivity contribution in [1.82, 2.24) is 0 Å². The van der Waals surface area contributed by atoms with E-state index in [9.17, 15) is 0 Å². The molecule has 6 aromatic carbocycles. The number of nitrogens with zero attached hydrogens (tertiary/aromatic N) is 2. The van der Waals surface area contributed by atoms with Gasteiger partial charge in [-0.15, -0.1) is 0 Å². The number of furan rings is 1. The van der Waals surface area contributed by atoms with Crippen LogP contribution in [0.5, 0.6) is 0 Å². The van der Waals surface area contributed by atoms with Crippen LogP contribution in [0.2, 0.25) is 0 Å². The average molecular weight is 515 g/mol. The maximum absolute atomic E-state index is 6.51. The first-order valence-corrected chi connectivity index (χ1v) is 13.7. The summed E-state index contributed by atoms with van der Waals surface area (Å²) in [5, 5.41) is 2.25. The van der Waals surface area contributed by atoms with Crippen LogP contribution in [0, 0.1) is 0 Å².